The molecule has 0 radical (unpaired) electrons. The number of hydrogen-bond acceptors (Lipinski definition) is 4. The monoisotopic (exact) mass is 290 g/mol. The van der Waals surface area contributed by atoms with Gasteiger partial charge in [-0.2, -0.15) is 5.10 Å². The van der Waals surface area contributed by atoms with E-state index in [-0.39, 0.29) is 0 Å². The first kappa shape index (κ1) is 13.5. The lowest BCUT2D eigenvalue weighted by Crippen LogP contribution is -2.39. The second-order valence-corrected chi connectivity index (χ2v) is 6.48. The van der Waals surface area contributed by atoms with Gasteiger partial charge in [0, 0.05) is 29.7 Å². The van der Waals surface area contributed by atoms with Crippen LogP contribution in [0.4, 0.5) is 0 Å². The smallest absolute Gasteiger partial charge is 0.138 e. The van der Waals surface area contributed by atoms with Crippen LogP contribution in [-0.4, -0.2) is 37.3 Å². The van der Waals surface area contributed by atoms with E-state index in [1.54, 1.807) is 6.33 Å². The number of fused-ring (bicyclic) bond motifs is 1. The molecule has 1 aliphatic rings. The van der Waals surface area contributed by atoms with Gasteiger partial charge in [0.25, 0.3) is 0 Å². The van der Waals surface area contributed by atoms with Crippen molar-refractivity contribution in [2.75, 3.05) is 12.3 Å². The van der Waals surface area contributed by atoms with E-state index in [4.69, 9.17) is 0 Å². The Morgan fingerprint density at radius 1 is 1.35 bits per heavy atom. The average molecular weight is 290 g/mol. The lowest BCUT2D eigenvalue weighted by atomic mass is 10.1. The van der Waals surface area contributed by atoms with Crippen molar-refractivity contribution in [2.45, 2.75) is 30.3 Å². The van der Waals surface area contributed by atoms with Gasteiger partial charge in [0.15, 0.2) is 0 Å². The molecule has 1 aromatic heterocycles. The van der Waals surface area contributed by atoms with Crippen LogP contribution in [0.15, 0.2) is 41.6 Å². The third kappa shape index (κ3) is 3.13. The largest absolute Gasteiger partial charge is 0.311 e. The molecule has 0 spiro atoms. The standard InChI is InChI=1S/C14H18N4OS/c19-20(13-4-2-1-3-5-13)9-8-15-12-6-7-14-16-11-17-18(14)10-12/h1-5,11-12,15H,6-10H2. The summed E-state index contributed by atoms with van der Waals surface area (Å²) in [5.74, 6) is 1.71. The van der Waals surface area contributed by atoms with Crippen molar-refractivity contribution in [3.8, 4) is 0 Å². The van der Waals surface area contributed by atoms with Crippen molar-refractivity contribution in [3.05, 3.63) is 42.5 Å². The molecule has 0 bridgehead atoms. The first-order chi connectivity index (χ1) is 9.83. The molecule has 2 heterocycles. The van der Waals surface area contributed by atoms with Gasteiger partial charge in [0.1, 0.15) is 12.2 Å². The van der Waals surface area contributed by atoms with Gasteiger partial charge in [-0.1, -0.05) is 18.2 Å². The van der Waals surface area contributed by atoms with Crippen LogP contribution in [0.2, 0.25) is 0 Å². The molecule has 0 saturated carbocycles. The number of hydrogen-bond donors (Lipinski definition) is 1. The molecule has 2 aromatic rings. The zero-order valence-electron chi connectivity index (χ0n) is 11.2. The summed E-state index contributed by atoms with van der Waals surface area (Å²) in [6.07, 6.45) is 3.64. The quantitative estimate of drug-likeness (QED) is 0.892. The van der Waals surface area contributed by atoms with E-state index in [2.05, 4.69) is 15.4 Å². The molecule has 1 aliphatic heterocycles. The Labute approximate surface area is 120 Å². The highest BCUT2D eigenvalue weighted by Gasteiger charge is 2.19. The van der Waals surface area contributed by atoms with Crippen molar-refractivity contribution < 1.29 is 4.21 Å². The normalized spacial score (nSPS) is 19.5. The topological polar surface area (TPSA) is 59.8 Å². The van der Waals surface area contributed by atoms with Gasteiger partial charge in [-0.05, 0) is 18.6 Å². The van der Waals surface area contributed by atoms with Crippen LogP contribution >= 0.6 is 0 Å². The second kappa shape index (κ2) is 6.28. The lowest BCUT2D eigenvalue weighted by molar-refractivity contribution is 0.365. The minimum Gasteiger partial charge on any atom is -0.311 e. The molecule has 2 unspecified atom stereocenters. The number of aryl methyl sites for hydroxylation is 1. The lowest BCUT2D eigenvalue weighted by Gasteiger charge is -2.23. The molecule has 106 valence electrons. The zero-order valence-corrected chi connectivity index (χ0v) is 12.1. The number of nitrogens with zero attached hydrogens (tertiary/aromatic N) is 3. The molecule has 0 fully saturated rings. The number of nitrogens with one attached hydrogen (secondary N) is 1. The molecule has 6 heteroatoms. The van der Waals surface area contributed by atoms with Crippen molar-refractivity contribution in [1.82, 2.24) is 20.1 Å². The van der Waals surface area contributed by atoms with Gasteiger partial charge < -0.3 is 5.32 Å². The van der Waals surface area contributed by atoms with E-state index in [0.29, 0.717) is 11.8 Å². The summed E-state index contributed by atoms with van der Waals surface area (Å²) in [4.78, 5) is 5.11. The Kier molecular flexibility index (Phi) is 4.22. The Hall–Kier alpha value is -1.53. The molecule has 20 heavy (non-hydrogen) atoms. The third-order valence-electron chi connectivity index (χ3n) is 3.53. The van der Waals surface area contributed by atoms with Crippen LogP contribution in [0.1, 0.15) is 12.2 Å². The molecular formula is C14H18N4OS. The highest BCUT2D eigenvalue weighted by atomic mass is 32.2. The van der Waals surface area contributed by atoms with Crippen LogP contribution in [0.3, 0.4) is 0 Å². The minimum absolute atomic E-state index is 0.400. The molecule has 0 saturated heterocycles. The predicted octanol–water partition coefficient (Wildman–Crippen LogP) is 0.990. The summed E-state index contributed by atoms with van der Waals surface area (Å²) in [5, 5.41) is 7.67. The molecule has 1 aromatic carbocycles. The first-order valence-corrected chi connectivity index (χ1v) is 8.18. The fourth-order valence-electron chi connectivity index (χ4n) is 2.45. The number of aromatic nitrogens is 3. The maximum absolute atomic E-state index is 12.1. The summed E-state index contributed by atoms with van der Waals surface area (Å²) in [5.41, 5.74) is 0. The van der Waals surface area contributed by atoms with E-state index in [9.17, 15) is 4.21 Å². The van der Waals surface area contributed by atoms with E-state index in [1.807, 2.05) is 35.0 Å². The Bertz CT molecular complexity index is 584. The summed E-state index contributed by atoms with van der Waals surface area (Å²) in [6, 6.07) is 10.0. The highest BCUT2D eigenvalue weighted by Crippen LogP contribution is 2.11. The summed E-state index contributed by atoms with van der Waals surface area (Å²) >= 11 is 0. The van der Waals surface area contributed by atoms with E-state index in [0.717, 1.165) is 36.7 Å². The van der Waals surface area contributed by atoms with Gasteiger partial charge in [-0.3, -0.25) is 4.21 Å². The maximum atomic E-state index is 12.1. The minimum atomic E-state index is -0.922. The number of rotatable bonds is 5. The highest BCUT2D eigenvalue weighted by molar-refractivity contribution is 7.85. The van der Waals surface area contributed by atoms with Crippen LogP contribution in [0, 0.1) is 0 Å². The van der Waals surface area contributed by atoms with E-state index < -0.39 is 10.8 Å². The fourth-order valence-corrected chi connectivity index (χ4v) is 3.45. The van der Waals surface area contributed by atoms with Gasteiger partial charge in [0.05, 0.1) is 17.3 Å². The molecule has 0 amide bonds. The third-order valence-corrected chi connectivity index (χ3v) is 4.90. The van der Waals surface area contributed by atoms with Crippen molar-refractivity contribution >= 4 is 10.8 Å². The Morgan fingerprint density at radius 3 is 3.05 bits per heavy atom. The zero-order chi connectivity index (χ0) is 13.8. The Balaban J connectivity index is 1.46. The van der Waals surface area contributed by atoms with Gasteiger partial charge >= 0.3 is 0 Å². The van der Waals surface area contributed by atoms with Gasteiger partial charge in [-0.15, -0.1) is 0 Å². The van der Waals surface area contributed by atoms with Gasteiger partial charge in [0.2, 0.25) is 0 Å². The van der Waals surface area contributed by atoms with Crippen molar-refractivity contribution in [2.24, 2.45) is 0 Å². The van der Waals surface area contributed by atoms with Crippen LogP contribution < -0.4 is 5.32 Å². The summed E-state index contributed by atoms with van der Waals surface area (Å²) in [6.45, 7) is 1.61. The molecule has 3 rings (SSSR count). The number of benzene rings is 1. The van der Waals surface area contributed by atoms with Crippen molar-refractivity contribution in [3.63, 3.8) is 0 Å². The average Bonchev–Trinajstić information content (AvgIpc) is 2.95. The second-order valence-electron chi connectivity index (χ2n) is 4.91. The summed E-state index contributed by atoms with van der Waals surface area (Å²) in [7, 11) is -0.922. The van der Waals surface area contributed by atoms with Crippen LogP contribution in [-0.2, 0) is 23.8 Å². The fraction of sp³-hybridized carbons (Fsp3) is 0.429. The van der Waals surface area contributed by atoms with Gasteiger partial charge in [-0.25, -0.2) is 9.67 Å². The van der Waals surface area contributed by atoms with Crippen molar-refractivity contribution in [1.29, 1.82) is 0 Å². The molecule has 2 atom stereocenters. The summed E-state index contributed by atoms with van der Waals surface area (Å²) < 4.78 is 14.0. The van der Waals surface area contributed by atoms with Crippen LogP contribution in [0.25, 0.3) is 0 Å². The SMILES string of the molecule is O=S(CCNC1CCc2ncnn2C1)c1ccccc1. The Morgan fingerprint density at radius 2 is 2.20 bits per heavy atom. The molecular weight excluding hydrogens is 272 g/mol. The van der Waals surface area contributed by atoms with E-state index in [1.165, 1.54) is 0 Å². The predicted molar refractivity (Wildman–Crippen MR) is 77.9 cm³/mol. The maximum Gasteiger partial charge on any atom is 0.138 e. The van der Waals surface area contributed by atoms with Crippen LogP contribution in [0.5, 0.6) is 0 Å². The molecule has 5 nitrogen and oxygen atoms in total. The van der Waals surface area contributed by atoms with E-state index >= 15 is 0 Å². The first-order valence-electron chi connectivity index (χ1n) is 6.86. The molecule has 0 aliphatic carbocycles. The molecule has 1 N–H and O–H groups in total.